The minimum Gasteiger partial charge on any atom is -0.505 e. The Balaban J connectivity index is 1.86. The van der Waals surface area contributed by atoms with Crippen LogP contribution in [-0.4, -0.2) is 20.1 Å². The third-order valence-corrected chi connectivity index (χ3v) is 4.50. The summed E-state index contributed by atoms with van der Waals surface area (Å²) in [4.78, 5) is 13.4. The molecule has 0 spiro atoms. The van der Waals surface area contributed by atoms with Gasteiger partial charge < -0.3 is 10.4 Å². The molecule has 0 aliphatic rings. The molecule has 134 valence electrons. The number of hydrogen-bond donors (Lipinski definition) is 2. The number of aromatic nitrogens is 3. The number of phenolic OH excluding ortho intramolecular Hbond substituents is 1. The fraction of sp³-hybridized carbons (Fsp3) is 0.136. The maximum absolute atomic E-state index is 10.9. The van der Waals surface area contributed by atoms with E-state index in [1.807, 2.05) is 68.4 Å². The summed E-state index contributed by atoms with van der Waals surface area (Å²) < 4.78 is 0. The van der Waals surface area contributed by atoms with Crippen LogP contribution < -0.4 is 5.32 Å². The van der Waals surface area contributed by atoms with E-state index in [1.54, 1.807) is 12.4 Å². The average Bonchev–Trinajstić information content (AvgIpc) is 2.67. The maximum Gasteiger partial charge on any atom is 0.147 e. The smallest absolute Gasteiger partial charge is 0.147 e. The van der Waals surface area contributed by atoms with Crippen molar-refractivity contribution >= 4 is 16.7 Å². The van der Waals surface area contributed by atoms with Gasteiger partial charge in [0.15, 0.2) is 0 Å². The van der Waals surface area contributed by atoms with Gasteiger partial charge in [-0.3, -0.25) is 9.97 Å². The molecule has 3 heterocycles. The Hall–Kier alpha value is -3.47. The predicted octanol–water partition coefficient (Wildman–Crippen LogP) is 4.55. The van der Waals surface area contributed by atoms with Crippen LogP contribution >= 0.6 is 0 Å². The Labute approximate surface area is 157 Å². The van der Waals surface area contributed by atoms with E-state index in [2.05, 4.69) is 20.3 Å². The van der Waals surface area contributed by atoms with Crippen LogP contribution in [0.2, 0.25) is 0 Å². The minimum absolute atomic E-state index is 0.154. The van der Waals surface area contributed by atoms with Crippen molar-refractivity contribution in [2.45, 2.75) is 19.9 Å². The summed E-state index contributed by atoms with van der Waals surface area (Å²) in [6.45, 7) is 3.97. The highest BCUT2D eigenvalue weighted by molar-refractivity contribution is 5.85. The summed E-state index contributed by atoms with van der Waals surface area (Å²) >= 11 is 0. The number of aryl methyl sites for hydroxylation is 2. The summed E-state index contributed by atoms with van der Waals surface area (Å²) in [5.74, 6) is 0.880. The van der Waals surface area contributed by atoms with Crippen LogP contribution in [0.15, 0.2) is 67.0 Å². The van der Waals surface area contributed by atoms with Crippen molar-refractivity contribution in [1.29, 1.82) is 0 Å². The van der Waals surface area contributed by atoms with E-state index < -0.39 is 0 Å². The van der Waals surface area contributed by atoms with Crippen LogP contribution in [-0.2, 0) is 0 Å². The SMILES string of the molecule is Cc1ccnc(N[C@H](c2cccc(C)n2)c2ccc3cccnc3c2O)c1. The molecule has 0 fully saturated rings. The van der Waals surface area contributed by atoms with Crippen molar-refractivity contribution in [3.8, 4) is 5.75 Å². The molecule has 0 amide bonds. The summed E-state index contributed by atoms with van der Waals surface area (Å²) in [5.41, 5.74) is 4.11. The lowest BCUT2D eigenvalue weighted by molar-refractivity contribution is 0.471. The van der Waals surface area contributed by atoms with E-state index in [-0.39, 0.29) is 11.8 Å². The zero-order chi connectivity index (χ0) is 18.8. The molecule has 0 aliphatic heterocycles. The molecule has 1 aromatic carbocycles. The lowest BCUT2D eigenvalue weighted by Gasteiger charge is -2.21. The van der Waals surface area contributed by atoms with Crippen molar-refractivity contribution in [3.05, 3.63) is 89.5 Å². The van der Waals surface area contributed by atoms with Crippen LogP contribution in [0.25, 0.3) is 10.9 Å². The van der Waals surface area contributed by atoms with E-state index in [4.69, 9.17) is 0 Å². The quantitative estimate of drug-likeness (QED) is 0.561. The second-order valence-corrected chi connectivity index (χ2v) is 6.58. The van der Waals surface area contributed by atoms with Crippen LogP contribution in [0, 0.1) is 13.8 Å². The molecule has 27 heavy (non-hydrogen) atoms. The molecule has 0 radical (unpaired) electrons. The molecule has 3 aromatic heterocycles. The molecule has 0 saturated carbocycles. The topological polar surface area (TPSA) is 70.9 Å². The third kappa shape index (κ3) is 3.44. The van der Waals surface area contributed by atoms with Crippen molar-refractivity contribution in [3.63, 3.8) is 0 Å². The minimum atomic E-state index is -0.356. The second-order valence-electron chi connectivity index (χ2n) is 6.58. The molecule has 0 bridgehead atoms. The number of nitrogens with one attached hydrogen (secondary N) is 1. The van der Waals surface area contributed by atoms with Gasteiger partial charge in [-0.2, -0.15) is 0 Å². The molecule has 2 N–H and O–H groups in total. The number of aromatic hydroxyl groups is 1. The normalized spacial score (nSPS) is 12.1. The highest BCUT2D eigenvalue weighted by Gasteiger charge is 2.21. The third-order valence-electron chi connectivity index (χ3n) is 4.50. The Morgan fingerprint density at radius 1 is 0.926 bits per heavy atom. The fourth-order valence-electron chi connectivity index (χ4n) is 3.18. The van der Waals surface area contributed by atoms with E-state index >= 15 is 0 Å². The molecule has 0 saturated heterocycles. The molecule has 0 unspecified atom stereocenters. The molecule has 4 rings (SSSR count). The lowest BCUT2D eigenvalue weighted by atomic mass is 9.99. The van der Waals surface area contributed by atoms with E-state index in [0.29, 0.717) is 11.1 Å². The fourth-order valence-corrected chi connectivity index (χ4v) is 3.18. The molecule has 4 aromatic rings. The van der Waals surface area contributed by atoms with E-state index in [9.17, 15) is 5.11 Å². The summed E-state index contributed by atoms with van der Waals surface area (Å²) in [7, 11) is 0. The van der Waals surface area contributed by atoms with Gasteiger partial charge >= 0.3 is 0 Å². The van der Waals surface area contributed by atoms with Crippen LogP contribution in [0.5, 0.6) is 5.75 Å². The van der Waals surface area contributed by atoms with Crippen LogP contribution in [0.4, 0.5) is 5.82 Å². The number of phenols is 1. The number of fused-ring (bicyclic) bond motifs is 1. The number of benzene rings is 1. The van der Waals surface area contributed by atoms with Crippen LogP contribution in [0.1, 0.15) is 28.6 Å². The average molecular weight is 356 g/mol. The van der Waals surface area contributed by atoms with Gasteiger partial charge in [-0.05, 0) is 49.7 Å². The van der Waals surface area contributed by atoms with Crippen molar-refractivity contribution in [1.82, 2.24) is 15.0 Å². The van der Waals surface area contributed by atoms with Crippen molar-refractivity contribution in [2.75, 3.05) is 5.32 Å². The summed E-state index contributed by atoms with van der Waals surface area (Å²) in [5, 5.41) is 15.2. The van der Waals surface area contributed by atoms with Gasteiger partial charge in [0, 0.05) is 29.0 Å². The first-order valence-corrected chi connectivity index (χ1v) is 8.81. The largest absolute Gasteiger partial charge is 0.505 e. The molecular formula is C22H20N4O. The van der Waals surface area contributed by atoms with Gasteiger partial charge in [-0.1, -0.05) is 24.3 Å². The Kier molecular flexibility index (Phi) is 4.42. The van der Waals surface area contributed by atoms with Crippen molar-refractivity contribution < 1.29 is 5.11 Å². The molecule has 1 atom stereocenters. The second kappa shape index (κ2) is 7.03. The Morgan fingerprint density at radius 3 is 2.63 bits per heavy atom. The van der Waals surface area contributed by atoms with Crippen molar-refractivity contribution in [2.24, 2.45) is 0 Å². The first-order chi connectivity index (χ1) is 13.1. The highest BCUT2D eigenvalue weighted by atomic mass is 16.3. The Bertz CT molecular complexity index is 1110. The van der Waals surface area contributed by atoms with Gasteiger partial charge in [-0.25, -0.2) is 4.98 Å². The highest BCUT2D eigenvalue weighted by Crippen LogP contribution is 2.35. The first-order valence-electron chi connectivity index (χ1n) is 8.81. The predicted molar refractivity (Wildman–Crippen MR) is 107 cm³/mol. The molecule has 5 heteroatoms. The van der Waals surface area contributed by atoms with Gasteiger partial charge in [0.25, 0.3) is 0 Å². The zero-order valence-electron chi connectivity index (χ0n) is 15.2. The monoisotopic (exact) mass is 356 g/mol. The standard InChI is InChI=1S/C22H20N4O/c1-14-10-12-23-19(13-14)26-21(18-7-3-5-15(2)25-18)17-9-8-16-6-4-11-24-20(16)22(17)27/h3-13,21,27H,1-2H3,(H,23,26)/t21-/m0/s1. The number of nitrogens with zero attached hydrogens (tertiary/aromatic N) is 3. The lowest BCUT2D eigenvalue weighted by Crippen LogP contribution is -2.15. The number of hydrogen-bond acceptors (Lipinski definition) is 5. The van der Waals surface area contributed by atoms with E-state index in [1.165, 1.54) is 0 Å². The molecule has 0 aliphatic carbocycles. The molecule has 5 nitrogen and oxygen atoms in total. The van der Waals surface area contributed by atoms with Crippen LogP contribution in [0.3, 0.4) is 0 Å². The van der Waals surface area contributed by atoms with E-state index in [0.717, 1.165) is 28.2 Å². The first kappa shape index (κ1) is 17.0. The zero-order valence-corrected chi connectivity index (χ0v) is 15.2. The van der Waals surface area contributed by atoms with Gasteiger partial charge in [0.05, 0.1) is 11.7 Å². The number of anilines is 1. The van der Waals surface area contributed by atoms with Gasteiger partial charge in [0.1, 0.15) is 17.1 Å². The number of rotatable bonds is 4. The maximum atomic E-state index is 10.9. The van der Waals surface area contributed by atoms with Gasteiger partial charge in [-0.15, -0.1) is 0 Å². The number of pyridine rings is 3. The summed E-state index contributed by atoms with van der Waals surface area (Å²) in [6, 6.07) is 17.1. The summed E-state index contributed by atoms with van der Waals surface area (Å²) in [6.07, 6.45) is 3.45. The molecular weight excluding hydrogens is 336 g/mol. The Morgan fingerprint density at radius 2 is 1.81 bits per heavy atom. The van der Waals surface area contributed by atoms with Gasteiger partial charge in [0.2, 0.25) is 0 Å².